The highest BCUT2D eigenvalue weighted by molar-refractivity contribution is 5.46. The quantitative estimate of drug-likeness (QED) is 0.805. The number of hydrogen-bond donors (Lipinski definition) is 0. The molecule has 1 saturated heterocycles. The molecule has 0 spiro atoms. The highest BCUT2D eigenvalue weighted by Crippen LogP contribution is 2.17. The molecule has 0 aliphatic carbocycles. The van der Waals surface area contributed by atoms with Crippen LogP contribution in [0.1, 0.15) is 5.69 Å². The van der Waals surface area contributed by atoms with Crippen molar-refractivity contribution in [2.75, 3.05) is 24.6 Å². The van der Waals surface area contributed by atoms with Gasteiger partial charge in [0.1, 0.15) is 24.4 Å². The molecule has 0 saturated carbocycles. The third kappa shape index (κ3) is 2.75. The van der Waals surface area contributed by atoms with Crippen molar-refractivity contribution in [1.29, 1.82) is 5.26 Å². The fraction of sp³-hybridized carbons (Fsp3) is 0.385. The van der Waals surface area contributed by atoms with E-state index >= 15 is 0 Å². The minimum Gasteiger partial charge on any atom is -0.373 e. The average Bonchev–Trinajstić information content (AvgIpc) is 3.01. The fourth-order valence-corrected chi connectivity index (χ4v) is 2.24. The van der Waals surface area contributed by atoms with E-state index in [1.165, 1.54) is 6.33 Å². The van der Waals surface area contributed by atoms with Crippen molar-refractivity contribution in [2.24, 2.45) is 0 Å². The Labute approximate surface area is 116 Å². The number of nitrogens with zero attached hydrogens (tertiary/aromatic N) is 6. The Morgan fingerprint density at radius 2 is 2.40 bits per heavy atom. The Morgan fingerprint density at radius 1 is 1.45 bits per heavy atom. The fourth-order valence-electron chi connectivity index (χ4n) is 2.24. The van der Waals surface area contributed by atoms with E-state index in [2.05, 4.69) is 20.0 Å². The van der Waals surface area contributed by atoms with Crippen LogP contribution in [-0.2, 0) is 11.3 Å². The van der Waals surface area contributed by atoms with Crippen LogP contribution in [0.15, 0.2) is 31.0 Å². The lowest BCUT2D eigenvalue weighted by Crippen LogP contribution is -2.44. The number of hydrogen-bond acceptors (Lipinski definition) is 6. The van der Waals surface area contributed by atoms with Crippen LogP contribution >= 0.6 is 0 Å². The third-order valence-electron chi connectivity index (χ3n) is 3.22. The van der Waals surface area contributed by atoms with Crippen LogP contribution in [0.4, 0.5) is 5.69 Å². The molecule has 7 heteroatoms. The molecule has 1 fully saturated rings. The van der Waals surface area contributed by atoms with Crippen LogP contribution in [0.2, 0.25) is 0 Å². The molecule has 20 heavy (non-hydrogen) atoms. The minimum atomic E-state index is 0.0705. The standard InChI is InChI=1S/C13H14N6O/c14-5-11-1-2-12(6-16-11)18-3-4-20-13(7-18)8-19-10-15-9-17-19/h1-2,6,9-10,13H,3-4,7-8H2. The number of anilines is 1. The third-order valence-corrected chi connectivity index (χ3v) is 3.22. The molecule has 2 aromatic rings. The second kappa shape index (κ2) is 5.67. The Hall–Kier alpha value is -2.46. The van der Waals surface area contributed by atoms with Crippen molar-refractivity contribution >= 4 is 5.69 Å². The van der Waals surface area contributed by atoms with E-state index in [0.717, 1.165) is 18.8 Å². The summed E-state index contributed by atoms with van der Waals surface area (Å²) >= 11 is 0. The number of pyridine rings is 1. The van der Waals surface area contributed by atoms with Gasteiger partial charge in [0.15, 0.2) is 0 Å². The molecule has 0 radical (unpaired) electrons. The normalized spacial score (nSPS) is 18.8. The molecule has 7 nitrogen and oxygen atoms in total. The maximum Gasteiger partial charge on any atom is 0.140 e. The van der Waals surface area contributed by atoms with Crippen LogP contribution in [0, 0.1) is 11.3 Å². The zero-order valence-corrected chi connectivity index (χ0v) is 10.9. The maximum absolute atomic E-state index is 8.76. The second-order valence-corrected chi connectivity index (χ2v) is 4.57. The molecular formula is C13H14N6O. The summed E-state index contributed by atoms with van der Waals surface area (Å²) in [5, 5.41) is 12.9. The van der Waals surface area contributed by atoms with Crippen molar-refractivity contribution in [1.82, 2.24) is 19.7 Å². The molecule has 0 aromatic carbocycles. The topological polar surface area (TPSA) is 79.9 Å². The second-order valence-electron chi connectivity index (χ2n) is 4.57. The Balaban J connectivity index is 1.66. The Morgan fingerprint density at radius 3 is 3.10 bits per heavy atom. The van der Waals surface area contributed by atoms with Gasteiger partial charge in [-0.2, -0.15) is 10.4 Å². The summed E-state index contributed by atoms with van der Waals surface area (Å²) in [7, 11) is 0. The van der Waals surface area contributed by atoms with Gasteiger partial charge in [-0.25, -0.2) is 9.97 Å². The molecule has 1 atom stereocenters. The van der Waals surface area contributed by atoms with Crippen molar-refractivity contribution in [3.63, 3.8) is 0 Å². The first-order valence-corrected chi connectivity index (χ1v) is 6.40. The van der Waals surface area contributed by atoms with Gasteiger partial charge in [0.2, 0.25) is 0 Å². The van der Waals surface area contributed by atoms with Gasteiger partial charge in [-0.15, -0.1) is 0 Å². The first-order chi connectivity index (χ1) is 9.85. The lowest BCUT2D eigenvalue weighted by Gasteiger charge is -2.34. The molecule has 1 aliphatic rings. The van der Waals surface area contributed by atoms with Gasteiger partial charge in [0.05, 0.1) is 31.1 Å². The van der Waals surface area contributed by atoms with E-state index in [9.17, 15) is 0 Å². The monoisotopic (exact) mass is 270 g/mol. The summed E-state index contributed by atoms with van der Waals surface area (Å²) in [5.41, 5.74) is 1.44. The molecule has 1 unspecified atom stereocenters. The highest BCUT2D eigenvalue weighted by Gasteiger charge is 2.21. The zero-order valence-electron chi connectivity index (χ0n) is 10.9. The van der Waals surface area contributed by atoms with Gasteiger partial charge in [0.25, 0.3) is 0 Å². The Bertz CT molecular complexity index is 588. The van der Waals surface area contributed by atoms with Crippen LogP contribution in [0.3, 0.4) is 0 Å². The SMILES string of the molecule is N#Cc1ccc(N2CCOC(Cn3cncn3)C2)cn1. The van der Waals surface area contributed by atoms with Gasteiger partial charge < -0.3 is 9.64 Å². The predicted molar refractivity (Wildman–Crippen MR) is 70.9 cm³/mol. The molecule has 1 aliphatic heterocycles. The average molecular weight is 270 g/mol. The summed E-state index contributed by atoms with van der Waals surface area (Å²) in [5.74, 6) is 0. The van der Waals surface area contributed by atoms with E-state index in [1.807, 2.05) is 12.1 Å². The number of morpholine rings is 1. The number of aromatic nitrogens is 4. The van der Waals surface area contributed by atoms with Gasteiger partial charge in [-0.3, -0.25) is 4.68 Å². The van der Waals surface area contributed by atoms with Crippen LogP contribution in [-0.4, -0.2) is 45.5 Å². The number of nitriles is 1. The molecule has 3 heterocycles. The van der Waals surface area contributed by atoms with Gasteiger partial charge >= 0.3 is 0 Å². The largest absolute Gasteiger partial charge is 0.373 e. The molecule has 3 rings (SSSR count). The molecule has 102 valence electrons. The smallest absolute Gasteiger partial charge is 0.140 e. The summed E-state index contributed by atoms with van der Waals surface area (Å²) in [6, 6.07) is 5.68. The van der Waals surface area contributed by atoms with Crippen LogP contribution < -0.4 is 4.90 Å². The van der Waals surface area contributed by atoms with E-state index in [0.29, 0.717) is 18.8 Å². The zero-order chi connectivity index (χ0) is 13.8. The van der Waals surface area contributed by atoms with E-state index in [-0.39, 0.29) is 6.10 Å². The van der Waals surface area contributed by atoms with Crippen LogP contribution in [0.25, 0.3) is 0 Å². The maximum atomic E-state index is 8.76. The van der Waals surface area contributed by atoms with E-state index < -0.39 is 0 Å². The predicted octanol–water partition coefficient (Wildman–Crippen LogP) is 0.450. The molecule has 0 N–H and O–H groups in total. The van der Waals surface area contributed by atoms with E-state index in [4.69, 9.17) is 10.00 Å². The van der Waals surface area contributed by atoms with Crippen molar-refractivity contribution in [2.45, 2.75) is 12.6 Å². The summed E-state index contributed by atoms with van der Waals surface area (Å²) in [4.78, 5) is 10.2. The van der Waals surface area contributed by atoms with E-state index in [1.54, 1.807) is 23.3 Å². The molecule has 0 bridgehead atoms. The van der Waals surface area contributed by atoms with Crippen molar-refractivity contribution in [3.8, 4) is 6.07 Å². The lowest BCUT2D eigenvalue weighted by atomic mass is 10.2. The highest BCUT2D eigenvalue weighted by atomic mass is 16.5. The molecule has 0 amide bonds. The van der Waals surface area contributed by atoms with Crippen molar-refractivity contribution < 1.29 is 4.74 Å². The minimum absolute atomic E-state index is 0.0705. The number of rotatable bonds is 3. The first kappa shape index (κ1) is 12.6. The molecule has 2 aromatic heterocycles. The van der Waals surface area contributed by atoms with Gasteiger partial charge in [-0.05, 0) is 12.1 Å². The summed E-state index contributed by atoms with van der Waals surface area (Å²) in [6.45, 7) is 2.94. The van der Waals surface area contributed by atoms with Crippen molar-refractivity contribution in [3.05, 3.63) is 36.7 Å². The van der Waals surface area contributed by atoms with Gasteiger partial charge in [-0.1, -0.05) is 0 Å². The summed E-state index contributed by atoms with van der Waals surface area (Å²) in [6.07, 6.45) is 5.01. The lowest BCUT2D eigenvalue weighted by molar-refractivity contribution is 0.0273. The summed E-state index contributed by atoms with van der Waals surface area (Å²) < 4.78 is 7.51. The van der Waals surface area contributed by atoms with Gasteiger partial charge in [0, 0.05) is 13.1 Å². The first-order valence-electron chi connectivity index (χ1n) is 6.40. The Kier molecular flexibility index (Phi) is 3.56. The molecular weight excluding hydrogens is 256 g/mol. The van der Waals surface area contributed by atoms with Crippen LogP contribution in [0.5, 0.6) is 0 Å². The number of ether oxygens (including phenoxy) is 1.